The molecule has 0 spiro atoms. The zero-order valence-corrected chi connectivity index (χ0v) is 15.5. The Bertz CT molecular complexity index is 707. The minimum absolute atomic E-state index is 0.0154. The van der Waals surface area contributed by atoms with Crippen molar-refractivity contribution in [3.63, 3.8) is 0 Å². The van der Waals surface area contributed by atoms with Crippen molar-refractivity contribution >= 4 is 17.2 Å². The first kappa shape index (κ1) is 18.1. The SMILES string of the molecule is Cc1ccc(CN(CCO)C(=O)c2ccccc2CC2CCNC2)s1. The molecule has 1 amide bonds. The molecule has 1 aliphatic heterocycles. The van der Waals surface area contributed by atoms with Gasteiger partial charge in [0, 0.05) is 21.9 Å². The fraction of sp³-hybridized carbons (Fsp3) is 0.450. The van der Waals surface area contributed by atoms with Gasteiger partial charge in [0.25, 0.3) is 5.91 Å². The van der Waals surface area contributed by atoms with Crippen LogP contribution in [0.5, 0.6) is 0 Å². The zero-order chi connectivity index (χ0) is 17.6. The van der Waals surface area contributed by atoms with Gasteiger partial charge in [0.15, 0.2) is 0 Å². The van der Waals surface area contributed by atoms with Gasteiger partial charge >= 0.3 is 0 Å². The number of thiophene rings is 1. The van der Waals surface area contributed by atoms with Gasteiger partial charge in [0.05, 0.1) is 13.2 Å². The third-order valence-electron chi connectivity index (χ3n) is 4.72. The van der Waals surface area contributed by atoms with Crippen LogP contribution in [0, 0.1) is 12.8 Å². The van der Waals surface area contributed by atoms with E-state index in [-0.39, 0.29) is 12.5 Å². The molecule has 2 N–H and O–H groups in total. The number of aliphatic hydroxyl groups excluding tert-OH is 1. The van der Waals surface area contributed by atoms with Crippen molar-refractivity contribution in [1.82, 2.24) is 10.2 Å². The van der Waals surface area contributed by atoms with Crippen LogP contribution in [0.4, 0.5) is 0 Å². The number of benzene rings is 1. The summed E-state index contributed by atoms with van der Waals surface area (Å²) in [5.74, 6) is 0.613. The average Bonchev–Trinajstić information content (AvgIpc) is 3.26. The third kappa shape index (κ3) is 4.69. The van der Waals surface area contributed by atoms with E-state index in [0.717, 1.165) is 41.9 Å². The molecule has 2 heterocycles. The van der Waals surface area contributed by atoms with Crippen molar-refractivity contribution in [2.24, 2.45) is 5.92 Å². The summed E-state index contributed by atoms with van der Waals surface area (Å²) in [5, 5.41) is 12.8. The summed E-state index contributed by atoms with van der Waals surface area (Å²) in [6.07, 6.45) is 2.09. The number of nitrogens with zero attached hydrogens (tertiary/aromatic N) is 1. The standard InChI is InChI=1S/C20H26N2O2S/c1-15-6-7-18(25-15)14-22(10-11-23)20(24)19-5-3-2-4-17(19)12-16-8-9-21-13-16/h2-7,16,21,23H,8-14H2,1H3. The van der Waals surface area contributed by atoms with E-state index in [9.17, 15) is 9.90 Å². The molecular formula is C20H26N2O2S. The summed E-state index contributed by atoms with van der Waals surface area (Å²) in [4.78, 5) is 17.3. The van der Waals surface area contributed by atoms with E-state index in [4.69, 9.17) is 0 Å². The van der Waals surface area contributed by atoms with Crippen molar-refractivity contribution in [3.05, 3.63) is 57.3 Å². The largest absolute Gasteiger partial charge is 0.395 e. The van der Waals surface area contributed by atoms with Gasteiger partial charge in [-0.05, 0) is 62.5 Å². The van der Waals surface area contributed by atoms with E-state index in [0.29, 0.717) is 19.0 Å². The summed E-state index contributed by atoms with van der Waals surface area (Å²) < 4.78 is 0. The fourth-order valence-corrected chi connectivity index (χ4v) is 4.31. The summed E-state index contributed by atoms with van der Waals surface area (Å²) >= 11 is 1.70. The lowest BCUT2D eigenvalue weighted by Gasteiger charge is -2.23. The highest BCUT2D eigenvalue weighted by Gasteiger charge is 2.22. The Morgan fingerprint density at radius 2 is 2.16 bits per heavy atom. The van der Waals surface area contributed by atoms with Gasteiger partial charge in [0.2, 0.25) is 0 Å². The maximum absolute atomic E-state index is 13.1. The van der Waals surface area contributed by atoms with E-state index in [1.54, 1.807) is 16.2 Å². The van der Waals surface area contributed by atoms with Gasteiger partial charge in [-0.1, -0.05) is 18.2 Å². The highest BCUT2D eigenvalue weighted by Crippen LogP contribution is 2.22. The summed E-state index contributed by atoms with van der Waals surface area (Å²) in [6, 6.07) is 12.1. The average molecular weight is 359 g/mol. The number of nitrogens with one attached hydrogen (secondary N) is 1. The number of hydrogen-bond acceptors (Lipinski definition) is 4. The van der Waals surface area contributed by atoms with Crippen molar-refractivity contribution in [2.45, 2.75) is 26.3 Å². The minimum atomic E-state index is -0.0230. The van der Waals surface area contributed by atoms with Gasteiger partial charge in [-0.15, -0.1) is 11.3 Å². The molecule has 1 atom stereocenters. The number of aliphatic hydroxyl groups is 1. The molecule has 3 rings (SSSR count). The maximum Gasteiger partial charge on any atom is 0.254 e. The molecule has 4 nitrogen and oxygen atoms in total. The zero-order valence-electron chi connectivity index (χ0n) is 14.7. The maximum atomic E-state index is 13.1. The van der Waals surface area contributed by atoms with E-state index < -0.39 is 0 Å². The fourth-order valence-electron chi connectivity index (χ4n) is 3.41. The van der Waals surface area contributed by atoms with E-state index in [1.165, 1.54) is 4.88 Å². The lowest BCUT2D eigenvalue weighted by molar-refractivity contribution is 0.0708. The second kappa shape index (κ2) is 8.61. The lowest BCUT2D eigenvalue weighted by atomic mass is 9.94. The smallest absolute Gasteiger partial charge is 0.254 e. The van der Waals surface area contributed by atoms with Crippen LogP contribution in [0.25, 0.3) is 0 Å². The number of carbonyl (C=O) groups excluding carboxylic acids is 1. The number of rotatable bonds is 7. The van der Waals surface area contributed by atoms with Crippen molar-refractivity contribution in [3.8, 4) is 0 Å². The Morgan fingerprint density at radius 1 is 1.32 bits per heavy atom. The van der Waals surface area contributed by atoms with Crippen molar-refractivity contribution in [1.29, 1.82) is 0 Å². The summed E-state index contributed by atoms with van der Waals surface area (Å²) in [6.45, 7) is 5.04. The van der Waals surface area contributed by atoms with Crippen LogP contribution >= 0.6 is 11.3 Å². The van der Waals surface area contributed by atoms with Crippen LogP contribution in [0.3, 0.4) is 0 Å². The predicted octanol–water partition coefficient (Wildman–Crippen LogP) is 2.84. The highest BCUT2D eigenvalue weighted by atomic mass is 32.1. The van der Waals surface area contributed by atoms with Gasteiger partial charge < -0.3 is 15.3 Å². The van der Waals surface area contributed by atoms with Gasteiger partial charge in [-0.3, -0.25) is 4.79 Å². The Labute approximate surface area is 153 Å². The van der Waals surface area contributed by atoms with Crippen molar-refractivity contribution < 1.29 is 9.90 Å². The molecule has 5 heteroatoms. The quantitative estimate of drug-likeness (QED) is 0.800. The molecule has 0 bridgehead atoms. The topological polar surface area (TPSA) is 52.6 Å². The molecule has 25 heavy (non-hydrogen) atoms. The number of aryl methyl sites for hydroxylation is 1. The molecule has 134 valence electrons. The normalized spacial score (nSPS) is 17.0. The van der Waals surface area contributed by atoms with Crippen LogP contribution in [0.1, 0.15) is 32.1 Å². The van der Waals surface area contributed by atoms with Gasteiger partial charge in [0.1, 0.15) is 0 Å². The van der Waals surface area contributed by atoms with E-state index in [2.05, 4.69) is 30.4 Å². The summed E-state index contributed by atoms with van der Waals surface area (Å²) in [7, 11) is 0. The Morgan fingerprint density at radius 3 is 2.84 bits per heavy atom. The van der Waals surface area contributed by atoms with E-state index >= 15 is 0 Å². The van der Waals surface area contributed by atoms with E-state index in [1.807, 2.05) is 18.2 Å². The van der Waals surface area contributed by atoms with Crippen molar-refractivity contribution in [2.75, 3.05) is 26.2 Å². The van der Waals surface area contributed by atoms with Crippen LogP contribution < -0.4 is 5.32 Å². The van der Waals surface area contributed by atoms with Crippen LogP contribution in [0.15, 0.2) is 36.4 Å². The Hall–Kier alpha value is -1.69. The monoisotopic (exact) mass is 358 g/mol. The van der Waals surface area contributed by atoms with Crippen LogP contribution in [0.2, 0.25) is 0 Å². The van der Waals surface area contributed by atoms with Crippen LogP contribution in [-0.2, 0) is 13.0 Å². The van der Waals surface area contributed by atoms with Gasteiger partial charge in [-0.25, -0.2) is 0 Å². The second-order valence-electron chi connectivity index (χ2n) is 6.68. The number of hydrogen-bond donors (Lipinski definition) is 2. The molecule has 0 radical (unpaired) electrons. The molecule has 1 unspecified atom stereocenters. The Balaban J connectivity index is 1.78. The summed E-state index contributed by atoms with van der Waals surface area (Å²) in [5.41, 5.74) is 1.89. The first-order chi connectivity index (χ1) is 12.2. The molecule has 0 aliphatic carbocycles. The highest BCUT2D eigenvalue weighted by molar-refractivity contribution is 7.11. The molecule has 1 aromatic carbocycles. The number of carbonyl (C=O) groups is 1. The molecule has 1 aliphatic rings. The Kier molecular flexibility index (Phi) is 6.24. The molecule has 1 saturated heterocycles. The molecular weight excluding hydrogens is 332 g/mol. The predicted molar refractivity (Wildman–Crippen MR) is 102 cm³/mol. The third-order valence-corrected chi connectivity index (χ3v) is 5.70. The molecule has 1 fully saturated rings. The first-order valence-corrected chi connectivity index (χ1v) is 9.73. The molecule has 1 aromatic heterocycles. The first-order valence-electron chi connectivity index (χ1n) is 8.91. The minimum Gasteiger partial charge on any atom is -0.395 e. The van der Waals surface area contributed by atoms with Crippen LogP contribution in [-0.4, -0.2) is 42.2 Å². The number of amides is 1. The lowest BCUT2D eigenvalue weighted by Crippen LogP contribution is -2.33. The second-order valence-corrected chi connectivity index (χ2v) is 8.06. The molecule has 0 saturated carbocycles. The van der Waals surface area contributed by atoms with Gasteiger partial charge in [-0.2, -0.15) is 0 Å². The molecule has 2 aromatic rings.